The van der Waals surface area contributed by atoms with Crippen molar-refractivity contribution in [3.63, 3.8) is 0 Å². The fourth-order valence-electron chi connectivity index (χ4n) is 2.00. The maximum Gasteiger partial charge on any atom is 0.235 e. The summed E-state index contributed by atoms with van der Waals surface area (Å²) in [5.41, 5.74) is 7.24. The number of amidine groups is 1. The number of aromatic nitrogens is 2. The summed E-state index contributed by atoms with van der Waals surface area (Å²) in [5, 5.41) is 14.6. The molecule has 1 aromatic carbocycles. The Labute approximate surface area is 121 Å². The van der Waals surface area contributed by atoms with Gasteiger partial charge in [0.25, 0.3) is 0 Å². The van der Waals surface area contributed by atoms with Gasteiger partial charge in [-0.05, 0) is 5.56 Å². The zero-order valence-corrected chi connectivity index (χ0v) is 11.4. The molecule has 2 aromatic rings. The fourth-order valence-corrected chi connectivity index (χ4v) is 2.00. The van der Waals surface area contributed by atoms with Gasteiger partial charge in [0.15, 0.2) is 5.84 Å². The van der Waals surface area contributed by atoms with Gasteiger partial charge in [-0.15, -0.1) is 0 Å². The molecule has 5 N–H and O–H groups in total. The number of carbonyl (C=O) groups is 1. The van der Waals surface area contributed by atoms with Crippen molar-refractivity contribution in [2.24, 2.45) is 10.9 Å². The molecule has 0 bridgehead atoms. The van der Waals surface area contributed by atoms with Crippen molar-refractivity contribution >= 4 is 11.7 Å². The van der Waals surface area contributed by atoms with E-state index >= 15 is 0 Å². The number of H-pyrrole nitrogens is 1. The Kier molecular flexibility index (Phi) is 4.92. The normalized spacial score (nSPS) is 12.9. The zero-order valence-electron chi connectivity index (χ0n) is 11.4. The summed E-state index contributed by atoms with van der Waals surface area (Å²) in [6, 6.07) is 8.95. The average molecular weight is 287 g/mol. The average Bonchev–Trinajstić information content (AvgIpc) is 3.01. The highest BCUT2D eigenvalue weighted by Gasteiger charge is 2.24. The van der Waals surface area contributed by atoms with E-state index in [4.69, 9.17) is 10.9 Å². The smallest absolute Gasteiger partial charge is 0.235 e. The number of benzene rings is 1. The summed E-state index contributed by atoms with van der Waals surface area (Å²) in [7, 11) is 0. The molecule has 0 saturated heterocycles. The first-order chi connectivity index (χ1) is 10.2. The van der Waals surface area contributed by atoms with Crippen molar-refractivity contribution in [2.75, 3.05) is 6.54 Å². The molecule has 7 nitrogen and oxygen atoms in total. The van der Waals surface area contributed by atoms with Gasteiger partial charge in [0.05, 0.1) is 6.33 Å². The summed E-state index contributed by atoms with van der Waals surface area (Å²) in [5.74, 6) is -1.26. The number of nitrogens with two attached hydrogens (primary N) is 1. The third-order valence-electron chi connectivity index (χ3n) is 3.05. The molecule has 0 aliphatic carbocycles. The van der Waals surface area contributed by atoms with E-state index in [-0.39, 0.29) is 11.7 Å². The lowest BCUT2D eigenvalue weighted by Gasteiger charge is -2.15. The van der Waals surface area contributed by atoms with Crippen LogP contribution in [0.25, 0.3) is 0 Å². The highest BCUT2D eigenvalue weighted by atomic mass is 16.4. The molecule has 0 aliphatic heterocycles. The van der Waals surface area contributed by atoms with Crippen molar-refractivity contribution in [2.45, 2.75) is 12.3 Å². The first-order valence-corrected chi connectivity index (χ1v) is 6.49. The van der Waals surface area contributed by atoms with Gasteiger partial charge in [-0.1, -0.05) is 35.5 Å². The van der Waals surface area contributed by atoms with Crippen LogP contribution in [0.2, 0.25) is 0 Å². The maximum absolute atomic E-state index is 12.3. The lowest BCUT2D eigenvalue weighted by molar-refractivity contribution is -0.121. The Bertz CT molecular complexity index is 595. The van der Waals surface area contributed by atoms with Crippen molar-refractivity contribution in [3.05, 3.63) is 54.1 Å². The molecule has 1 heterocycles. The summed E-state index contributed by atoms with van der Waals surface area (Å²) >= 11 is 0. The lowest BCUT2D eigenvalue weighted by atomic mass is 9.97. The first-order valence-electron chi connectivity index (χ1n) is 6.49. The minimum atomic E-state index is -0.807. The molecule has 1 aromatic heterocycles. The molecule has 1 unspecified atom stereocenters. The molecule has 0 radical (unpaired) electrons. The highest BCUT2D eigenvalue weighted by molar-refractivity contribution is 6.07. The van der Waals surface area contributed by atoms with E-state index in [1.165, 1.54) is 0 Å². The second-order valence-electron chi connectivity index (χ2n) is 4.49. The Morgan fingerprint density at radius 2 is 2.19 bits per heavy atom. The van der Waals surface area contributed by atoms with Gasteiger partial charge in [-0.3, -0.25) is 4.79 Å². The Hall–Kier alpha value is -2.83. The van der Waals surface area contributed by atoms with Gasteiger partial charge < -0.3 is 21.2 Å². The number of imidazole rings is 1. The van der Waals surface area contributed by atoms with Gasteiger partial charge in [-0.2, -0.15) is 0 Å². The van der Waals surface area contributed by atoms with Gasteiger partial charge in [-0.25, -0.2) is 4.98 Å². The van der Waals surface area contributed by atoms with Crippen LogP contribution in [0.5, 0.6) is 0 Å². The molecule has 7 heteroatoms. The minimum Gasteiger partial charge on any atom is -0.409 e. The van der Waals surface area contributed by atoms with E-state index in [0.29, 0.717) is 18.5 Å². The zero-order chi connectivity index (χ0) is 15.1. The Balaban J connectivity index is 2.01. The summed E-state index contributed by atoms with van der Waals surface area (Å²) in [6.07, 6.45) is 3.91. The van der Waals surface area contributed by atoms with Gasteiger partial charge in [0.1, 0.15) is 5.92 Å². The molecule has 1 atom stereocenters. The fraction of sp³-hybridized carbons (Fsp3) is 0.214. The number of hydrogen-bond donors (Lipinski definition) is 4. The number of nitrogens with one attached hydrogen (secondary N) is 2. The summed E-state index contributed by atoms with van der Waals surface area (Å²) in [4.78, 5) is 19.1. The van der Waals surface area contributed by atoms with E-state index in [9.17, 15) is 4.79 Å². The van der Waals surface area contributed by atoms with Crippen LogP contribution in [-0.2, 0) is 11.2 Å². The predicted octanol–water partition coefficient (Wildman–Crippen LogP) is 0.599. The summed E-state index contributed by atoms with van der Waals surface area (Å²) < 4.78 is 0. The number of hydrogen-bond acceptors (Lipinski definition) is 4. The van der Waals surface area contributed by atoms with Crippen LogP contribution in [-0.4, -0.2) is 33.5 Å². The standard InChI is InChI=1S/C14H17N5O2/c15-13(19-21)12(10-4-2-1-3-5-10)14(20)17-7-6-11-8-16-9-18-11/h1-5,8-9,12,21H,6-7H2,(H2,15,19)(H,16,18)(H,17,20). The molecule has 110 valence electrons. The topological polar surface area (TPSA) is 116 Å². The van der Waals surface area contributed by atoms with E-state index in [0.717, 1.165) is 5.69 Å². The summed E-state index contributed by atoms with van der Waals surface area (Å²) in [6.45, 7) is 0.434. The molecular formula is C14H17N5O2. The Morgan fingerprint density at radius 3 is 2.81 bits per heavy atom. The maximum atomic E-state index is 12.3. The second-order valence-corrected chi connectivity index (χ2v) is 4.49. The molecular weight excluding hydrogens is 270 g/mol. The van der Waals surface area contributed by atoms with E-state index < -0.39 is 5.92 Å². The van der Waals surface area contributed by atoms with Crippen LogP contribution >= 0.6 is 0 Å². The molecule has 0 saturated carbocycles. The molecule has 1 amide bonds. The second kappa shape index (κ2) is 7.09. The van der Waals surface area contributed by atoms with E-state index in [2.05, 4.69) is 20.4 Å². The largest absolute Gasteiger partial charge is 0.409 e. The quantitative estimate of drug-likeness (QED) is 0.269. The minimum absolute atomic E-state index is 0.139. The monoisotopic (exact) mass is 287 g/mol. The van der Waals surface area contributed by atoms with E-state index in [1.807, 2.05) is 6.07 Å². The molecule has 0 spiro atoms. The first kappa shape index (κ1) is 14.6. The number of amides is 1. The molecule has 2 rings (SSSR count). The lowest BCUT2D eigenvalue weighted by Crippen LogP contribution is -2.38. The van der Waals surface area contributed by atoms with Gasteiger partial charge >= 0.3 is 0 Å². The van der Waals surface area contributed by atoms with E-state index in [1.54, 1.807) is 36.8 Å². The van der Waals surface area contributed by atoms with Crippen LogP contribution in [0.15, 0.2) is 48.0 Å². The number of rotatable bonds is 6. The third kappa shape index (κ3) is 3.82. The predicted molar refractivity (Wildman–Crippen MR) is 77.9 cm³/mol. The van der Waals surface area contributed by atoms with Crippen molar-refractivity contribution in [1.29, 1.82) is 0 Å². The van der Waals surface area contributed by atoms with Crippen LogP contribution in [0.3, 0.4) is 0 Å². The van der Waals surface area contributed by atoms with Crippen LogP contribution < -0.4 is 11.1 Å². The highest BCUT2D eigenvalue weighted by Crippen LogP contribution is 2.16. The number of aromatic amines is 1. The van der Waals surface area contributed by atoms with Crippen molar-refractivity contribution in [3.8, 4) is 0 Å². The van der Waals surface area contributed by atoms with Gasteiger partial charge in [0, 0.05) is 24.9 Å². The van der Waals surface area contributed by atoms with Crippen LogP contribution in [0, 0.1) is 0 Å². The molecule has 21 heavy (non-hydrogen) atoms. The van der Waals surface area contributed by atoms with Crippen LogP contribution in [0.1, 0.15) is 17.2 Å². The Morgan fingerprint density at radius 1 is 1.43 bits per heavy atom. The number of carbonyl (C=O) groups excluding carboxylic acids is 1. The molecule has 0 fully saturated rings. The number of nitrogens with zero attached hydrogens (tertiary/aromatic N) is 2. The molecule has 0 aliphatic rings. The van der Waals surface area contributed by atoms with Crippen molar-refractivity contribution < 1.29 is 10.0 Å². The number of oxime groups is 1. The SMILES string of the molecule is NC(=NO)C(C(=O)NCCc1cnc[nH]1)c1ccccc1. The van der Waals surface area contributed by atoms with Gasteiger partial charge in [0.2, 0.25) is 5.91 Å². The van der Waals surface area contributed by atoms with Crippen molar-refractivity contribution in [1.82, 2.24) is 15.3 Å². The van der Waals surface area contributed by atoms with Crippen LogP contribution in [0.4, 0.5) is 0 Å². The third-order valence-corrected chi connectivity index (χ3v) is 3.05.